The topological polar surface area (TPSA) is 83.7 Å². The second-order valence-corrected chi connectivity index (χ2v) is 8.92. The molecule has 2 aromatic carbocycles. The first-order valence-electron chi connectivity index (χ1n) is 9.75. The fourth-order valence-electron chi connectivity index (χ4n) is 3.52. The first-order valence-corrected chi connectivity index (χ1v) is 11.3. The maximum absolute atomic E-state index is 12.9. The van der Waals surface area contributed by atoms with Gasteiger partial charge in [0.1, 0.15) is 5.76 Å². The highest BCUT2D eigenvalue weighted by Gasteiger charge is 2.28. The van der Waals surface area contributed by atoms with Crippen molar-refractivity contribution in [2.24, 2.45) is 5.10 Å². The Hall–Kier alpha value is -2.71. The van der Waals surface area contributed by atoms with E-state index in [1.165, 1.54) is 0 Å². The number of hydrogen-bond acceptors (Lipinski definition) is 4. The summed E-state index contributed by atoms with van der Waals surface area (Å²) in [7, 11) is 0. The smallest absolute Gasteiger partial charge is 0.291 e. The van der Waals surface area contributed by atoms with E-state index in [-0.39, 0.29) is 17.6 Å². The number of rotatable bonds is 4. The lowest BCUT2D eigenvalue weighted by atomic mass is 9.93. The van der Waals surface area contributed by atoms with Gasteiger partial charge in [0, 0.05) is 32.1 Å². The summed E-state index contributed by atoms with van der Waals surface area (Å²) >= 11 is 6.79. The minimum atomic E-state index is -0.322. The number of anilines is 1. The number of fused-ring (bicyclic) bond motifs is 1. The maximum Gasteiger partial charge on any atom is 0.291 e. The van der Waals surface area contributed by atoms with Crippen LogP contribution in [-0.4, -0.2) is 17.5 Å². The number of nitrogens with one attached hydrogen (secondary N) is 2. The molecule has 0 unspecified atom stereocenters. The first kappa shape index (κ1) is 21.5. The van der Waals surface area contributed by atoms with Gasteiger partial charge in [0.25, 0.3) is 11.8 Å². The Morgan fingerprint density at radius 2 is 1.74 bits per heavy atom. The monoisotopic (exact) mass is 543 g/mol. The summed E-state index contributed by atoms with van der Waals surface area (Å²) in [4.78, 5) is 25.3. The highest BCUT2D eigenvalue weighted by molar-refractivity contribution is 9.10. The molecule has 0 radical (unpaired) electrons. The van der Waals surface area contributed by atoms with Gasteiger partial charge >= 0.3 is 0 Å². The van der Waals surface area contributed by atoms with Crippen LogP contribution in [0, 0.1) is 6.92 Å². The van der Waals surface area contributed by atoms with Gasteiger partial charge < -0.3 is 9.73 Å². The lowest BCUT2D eigenvalue weighted by Gasteiger charge is -2.13. The quantitative estimate of drug-likeness (QED) is 0.405. The number of carbonyl (C=O) groups excluding carboxylic acids is 2. The summed E-state index contributed by atoms with van der Waals surface area (Å²) in [5.41, 5.74) is 6.05. The molecule has 0 atom stereocenters. The largest absolute Gasteiger partial charge is 0.455 e. The van der Waals surface area contributed by atoms with Gasteiger partial charge in [-0.3, -0.25) is 9.59 Å². The van der Waals surface area contributed by atoms with Gasteiger partial charge in [-0.05, 0) is 72.1 Å². The molecule has 0 aliphatic heterocycles. The summed E-state index contributed by atoms with van der Waals surface area (Å²) in [6.07, 6.45) is 2.25. The number of para-hydroxylation sites is 1. The summed E-state index contributed by atoms with van der Waals surface area (Å²) in [5.74, 6) is 0.365. The molecule has 0 saturated heterocycles. The van der Waals surface area contributed by atoms with E-state index in [4.69, 9.17) is 4.42 Å². The molecule has 1 aliphatic carbocycles. The number of aryl methyl sites for hydroxylation is 1. The molecule has 0 bridgehead atoms. The molecule has 0 spiro atoms. The van der Waals surface area contributed by atoms with Crippen molar-refractivity contribution in [2.75, 3.05) is 5.32 Å². The third kappa shape index (κ3) is 4.65. The van der Waals surface area contributed by atoms with Crippen molar-refractivity contribution >= 4 is 55.1 Å². The van der Waals surface area contributed by atoms with Crippen molar-refractivity contribution in [1.29, 1.82) is 0 Å². The Kier molecular flexibility index (Phi) is 6.38. The molecule has 1 aliphatic rings. The predicted molar refractivity (Wildman–Crippen MR) is 127 cm³/mol. The Bertz CT molecular complexity index is 1180. The molecule has 31 heavy (non-hydrogen) atoms. The fraction of sp³-hybridized carbons (Fsp3) is 0.174. The number of nitrogens with zero attached hydrogens (tertiary/aromatic N) is 1. The van der Waals surface area contributed by atoms with Crippen LogP contribution in [0.1, 0.15) is 50.6 Å². The fourth-order valence-corrected chi connectivity index (χ4v) is 4.17. The minimum Gasteiger partial charge on any atom is -0.455 e. The van der Waals surface area contributed by atoms with Crippen molar-refractivity contribution in [3.8, 4) is 0 Å². The molecule has 0 saturated carbocycles. The van der Waals surface area contributed by atoms with Crippen LogP contribution in [-0.2, 0) is 6.42 Å². The third-order valence-corrected chi connectivity index (χ3v) is 6.27. The summed E-state index contributed by atoms with van der Waals surface area (Å²) in [6, 6.07) is 14.4. The molecule has 1 aromatic heterocycles. The Labute approximate surface area is 196 Å². The van der Waals surface area contributed by atoms with E-state index >= 15 is 0 Å². The van der Waals surface area contributed by atoms with Gasteiger partial charge in [-0.25, -0.2) is 5.43 Å². The van der Waals surface area contributed by atoms with E-state index in [1.807, 2.05) is 31.2 Å². The molecule has 158 valence electrons. The molecule has 0 fully saturated rings. The van der Waals surface area contributed by atoms with Crippen molar-refractivity contribution in [2.45, 2.75) is 26.2 Å². The highest BCUT2D eigenvalue weighted by Crippen LogP contribution is 2.31. The van der Waals surface area contributed by atoms with E-state index in [1.54, 1.807) is 24.3 Å². The molecule has 1 heterocycles. The zero-order chi connectivity index (χ0) is 22.0. The van der Waals surface area contributed by atoms with Crippen molar-refractivity contribution < 1.29 is 14.0 Å². The number of furan rings is 1. The molecule has 4 rings (SSSR count). The van der Waals surface area contributed by atoms with Crippen molar-refractivity contribution in [1.82, 2.24) is 5.43 Å². The number of carbonyl (C=O) groups is 2. The Balaban J connectivity index is 1.57. The van der Waals surface area contributed by atoms with Crippen LogP contribution in [0.4, 0.5) is 5.69 Å². The molecule has 2 N–H and O–H groups in total. The first-order chi connectivity index (χ1) is 14.9. The van der Waals surface area contributed by atoms with Gasteiger partial charge in [-0.2, -0.15) is 5.10 Å². The van der Waals surface area contributed by atoms with Crippen molar-refractivity contribution in [3.63, 3.8) is 0 Å². The highest BCUT2D eigenvalue weighted by atomic mass is 79.9. The van der Waals surface area contributed by atoms with Crippen LogP contribution >= 0.6 is 31.9 Å². The van der Waals surface area contributed by atoms with Crippen LogP contribution in [0.5, 0.6) is 0 Å². The predicted octanol–water partition coefficient (Wildman–Crippen LogP) is 5.84. The van der Waals surface area contributed by atoms with Gasteiger partial charge in [-0.1, -0.05) is 28.1 Å². The lowest BCUT2D eigenvalue weighted by Crippen LogP contribution is -2.22. The van der Waals surface area contributed by atoms with Crippen molar-refractivity contribution in [3.05, 3.63) is 85.7 Å². The van der Waals surface area contributed by atoms with E-state index < -0.39 is 0 Å². The normalized spacial score (nSPS) is 14.2. The molecule has 8 heteroatoms. The second kappa shape index (κ2) is 9.20. The Morgan fingerprint density at radius 1 is 1.00 bits per heavy atom. The number of hydrogen-bond donors (Lipinski definition) is 2. The van der Waals surface area contributed by atoms with E-state index in [2.05, 4.69) is 47.7 Å². The van der Waals surface area contributed by atoms with Crippen LogP contribution in [0.25, 0.3) is 0 Å². The third-order valence-electron chi connectivity index (χ3n) is 5.05. The summed E-state index contributed by atoms with van der Waals surface area (Å²) in [5, 5.41) is 7.24. The molecule has 6 nitrogen and oxygen atoms in total. The van der Waals surface area contributed by atoms with E-state index in [9.17, 15) is 9.59 Å². The van der Waals surface area contributed by atoms with Crippen LogP contribution in [0.3, 0.4) is 0 Å². The Morgan fingerprint density at radius 3 is 2.48 bits per heavy atom. The second-order valence-electron chi connectivity index (χ2n) is 7.15. The van der Waals surface area contributed by atoms with Crippen LogP contribution in [0.15, 0.2) is 67.0 Å². The zero-order valence-electron chi connectivity index (χ0n) is 16.7. The van der Waals surface area contributed by atoms with Gasteiger partial charge in [0.05, 0.1) is 11.4 Å². The number of benzene rings is 2. The average molecular weight is 545 g/mol. The maximum atomic E-state index is 12.9. The number of hydrazone groups is 1. The van der Waals surface area contributed by atoms with E-state index in [0.29, 0.717) is 23.4 Å². The van der Waals surface area contributed by atoms with Gasteiger partial charge in [0.2, 0.25) is 0 Å². The molecular weight excluding hydrogens is 526 g/mol. The van der Waals surface area contributed by atoms with E-state index in [0.717, 1.165) is 38.7 Å². The van der Waals surface area contributed by atoms with Gasteiger partial charge in [0.15, 0.2) is 5.76 Å². The number of amides is 2. The average Bonchev–Trinajstić information content (AvgIpc) is 3.11. The SMILES string of the molecule is Cc1c(C(=O)Nc2ccccc2Br)oc2c1/C(=N/NC(=O)c1ccc(Br)cc1)CCC2. The van der Waals surface area contributed by atoms with Crippen LogP contribution < -0.4 is 10.7 Å². The summed E-state index contributed by atoms with van der Waals surface area (Å²) < 4.78 is 7.60. The molecule has 2 amide bonds. The molecular formula is C23H19Br2N3O3. The zero-order valence-corrected chi connectivity index (χ0v) is 19.8. The van der Waals surface area contributed by atoms with Gasteiger partial charge in [-0.15, -0.1) is 0 Å². The number of halogens is 2. The molecule has 3 aromatic rings. The minimum absolute atomic E-state index is 0.259. The standard InChI is InChI=1S/C23H19Br2N3O3/c1-13-20-18(27-28-22(29)14-9-11-15(24)12-10-14)7-4-8-19(20)31-21(13)23(30)26-17-6-3-2-5-16(17)25/h2-3,5-6,9-12H,4,7-8H2,1H3,(H,26,30)(H,28,29)/b27-18+. The summed E-state index contributed by atoms with van der Waals surface area (Å²) in [6.45, 7) is 1.84. The lowest BCUT2D eigenvalue weighted by molar-refractivity contribution is 0.0953. The van der Waals surface area contributed by atoms with Crippen LogP contribution in [0.2, 0.25) is 0 Å².